The van der Waals surface area contributed by atoms with Crippen molar-refractivity contribution < 1.29 is 4.39 Å². The van der Waals surface area contributed by atoms with Crippen molar-refractivity contribution in [3.63, 3.8) is 0 Å². The van der Waals surface area contributed by atoms with Gasteiger partial charge in [-0.1, -0.05) is 36.4 Å². The van der Waals surface area contributed by atoms with Crippen LogP contribution in [0.4, 0.5) is 4.39 Å². The summed E-state index contributed by atoms with van der Waals surface area (Å²) in [7, 11) is 0. The van der Waals surface area contributed by atoms with Crippen LogP contribution in [-0.2, 0) is 12.3 Å². The van der Waals surface area contributed by atoms with Crippen molar-refractivity contribution in [2.24, 2.45) is 0 Å². The number of aryl methyl sites for hydroxylation is 1. The molecule has 0 unspecified atom stereocenters. The lowest BCUT2D eigenvalue weighted by Gasteiger charge is -2.08. The average Bonchev–Trinajstić information content (AvgIpc) is 3.25. The molecule has 9 heteroatoms. The summed E-state index contributed by atoms with van der Waals surface area (Å²) < 4.78 is 18.2. The van der Waals surface area contributed by atoms with Crippen molar-refractivity contribution >= 4 is 50.7 Å². The Balaban J connectivity index is 1.83. The van der Waals surface area contributed by atoms with Gasteiger partial charge in [-0.2, -0.15) is 0 Å². The smallest absolute Gasteiger partial charge is 0.272 e. The van der Waals surface area contributed by atoms with Crippen LogP contribution < -0.4 is 5.56 Å². The molecule has 0 spiro atoms. The molecule has 0 aliphatic rings. The van der Waals surface area contributed by atoms with Gasteiger partial charge in [-0.3, -0.25) is 13.8 Å². The topological polar surface area (TPSA) is 52.2 Å². The van der Waals surface area contributed by atoms with Gasteiger partial charge in [0, 0.05) is 22.9 Å². The average molecular weight is 409 g/mol. The fourth-order valence-electron chi connectivity index (χ4n) is 2.83. The summed E-state index contributed by atoms with van der Waals surface area (Å²) in [5.74, 6) is 0.484. The van der Waals surface area contributed by atoms with E-state index < -0.39 is 0 Å². The fraction of sp³-hybridized carbons (Fsp3) is 0.235. The number of thiophene rings is 1. The number of benzene rings is 1. The first-order valence-electron chi connectivity index (χ1n) is 8.02. The minimum absolute atomic E-state index is 0.0505. The minimum atomic E-state index is -0.345. The van der Waals surface area contributed by atoms with Gasteiger partial charge < -0.3 is 0 Å². The van der Waals surface area contributed by atoms with E-state index in [0.717, 1.165) is 11.9 Å². The number of nitrogens with zero attached hydrogens (tertiary/aromatic N) is 4. The Bertz CT molecular complexity index is 1150. The standard InChI is InChI=1S/C17H14ClFN4OS2/c1-2-7-22-15(24)14-13(6-8-25-14)23-16(22)20-21-17(23)26-9-10-11(18)4-3-5-12(10)19/h3-6,8H,2,7,9H2,1H3. The molecule has 0 aliphatic heterocycles. The second-order valence-corrected chi connectivity index (χ2v) is 7.96. The van der Waals surface area contributed by atoms with E-state index in [1.165, 1.54) is 29.2 Å². The Morgan fingerprint density at radius 1 is 1.31 bits per heavy atom. The summed E-state index contributed by atoms with van der Waals surface area (Å²) in [4.78, 5) is 12.7. The largest absolute Gasteiger partial charge is 0.276 e. The molecule has 0 aliphatic carbocycles. The molecule has 134 valence electrons. The van der Waals surface area contributed by atoms with E-state index in [1.54, 1.807) is 16.7 Å². The maximum Gasteiger partial charge on any atom is 0.272 e. The molecular formula is C17H14ClFN4OS2. The maximum absolute atomic E-state index is 14.0. The number of halogens is 2. The van der Waals surface area contributed by atoms with E-state index in [-0.39, 0.29) is 11.4 Å². The SMILES string of the molecule is CCCn1c(=O)c2sccc2n2c(SCc3c(F)cccc3Cl)nnc12. The van der Waals surface area contributed by atoms with Crippen LogP contribution >= 0.6 is 34.7 Å². The van der Waals surface area contributed by atoms with Gasteiger partial charge in [-0.25, -0.2) is 4.39 Å². The van der Waals surface area contributed by atoms with Crippen molar-refractivity contribution in [2.75, 3.05) is 0 Å². The lowest BCUT2D eigenvalue weighted by Crippen LogP contribution is -2.22. The van der Waals surface area contributed by atoms with Crippen LogP contribution in [0.5, 0.6) is 0 Å². The molecule has 0 amide bonds. The van der Waals surface area contributed by atoms with Crippen LogP contribution in [0.25, 0.3) is 16.0 Å². The molecule has 3 aromatic heterocycles. The van der Waals surface area contributed by atoms with E-state index in [1.807, 2.05) is 22.8 Å². The zero-order chi connectivity index (χ0) is 18.3. The minimum Gasteiger partial charge on any atom is -0.276 e. The lowest BCUT2D eigenvalue weighted by atomic mass is 10.2. The van der Waals surface area contributed by atoms with Crippen LogP contribution in [0.1, 0.15) is 18.9 Å². The molecule has 0 saturated carbocycles. The van der Waals surface area contributed by atoms with Crippen molar-refractivity contribution in [3.05, 3.63) is 56.4 Å². The van der Waals surface area contributed by atoms with Crippen molar-refractivity contribution in [1.82, 2.24) is 19.2 Å². The zero-order valence-corrected chi connectivity index (χ0v) is 16.2. The molecule has 0 radical (unpaired) electrons. The van der Waals surface area contributed by atoms with Gasteiger partial charge >= 0.3 is 0 Å². The Morgan fingerprint density at radius 2 is 2.15 bits per heavy atom. The first-order valence-corrected chi connectivity index (χ1v) is 10.3. The third-order valence-corrected chi connectivity index (χ3v) is 6.24. The van der Waals surface area contributed by atoms with Gasteiger partial charge in [0.1, 0.15) is 10.5 Å². The molecule has 0 bridgehead atoms. The second kappa shape index (κ2) is 7.02. The number of fused-ring (bicyclic) bond motifs is 3. The second-order valence-electron chi connectivity index (χ2n) is 5.70. The highest BCUT2D eigenvalue weighted by Crippen LogP contribution is 2.29. The number of hydrogen-bond acceptors (Lipinski definition) is 5. The molecule has 0 saturated heterocycles. The maximum atomic E-state index is 14.0. The van der Waals surface area contributed by atoms with Crippen LogP contribution in [0.2, 0.25) is 5.02 Å². The lowest BCUT2D eigenvalue weighted by molar-refractivity contribution is 0.617. The molecule has 0 N–H and O–H groups in total. The number of aromatic nitrogens is 4. The van der Waals surface area contributed by atoms with Gasteiger partial charge in [0.15, 0.2) is 5.16 Å². The summed E-state index contributed by atoms with van der Waals surface area (Å²) in [5, 5.41) is 11.3. The number of rotatable bonds is 5. The first kappa shape index (κ1) is 17.5. The monoisotopic (exact) mass is 408 g/mol. The van der Waals surface area contributed by atoms with Gasteiger partial charge in [-0.15, -0.1) is 21.5 Å². The van der Waals surface area contributed by atoms with Crippen LogP contribution in [0, 0.1) is 5.82 Å². The van der Waals surface area contributed by atoms with E-state index in [9.17, 15) is 9.18 Å². The number of thioether (sulfide) groups is 1. The van der Waals surface area contributed by atoms with Crippen LogP contribution in [0.15, 0.2) is 39.6 Å². The Kier molecular flexibility index (Phi) is 4.73. The normalized spacial score (nSPS) is 11.7. The third kappa shape index (κ3) is 2.82. The molecule has 26 heavy (non-hydrogen) atoms. The van der Waals surface area contributed by atoms with E-state index in [2.05, 4.69) is 10.2 Å². The quantitative estimate of drug-likeness (QED) is 0.453. The highest BCUT2D eigenvalue weighted by molar-refractivity contribution is 7.98. The Labute approximate surface area is 161 Å². The molecule has 4 aromatic rings. The van der Waals surface area contributed by atoms with Gasteiger partial charge in [-0.05, 0) is 30.0 Å². The summed E-state index contributed by atoms with van der Waals surface area (Å²) in [5.41, 5.74) is 1.15. The summed E-state index contributed by atoms with van der Waals surface area (Å²) in [6, 6.07) is 6.52. The Hall–Kier alpha value is -1.90. The van der Waals surface area contributed by atoms with Gasteiger partial charge in [0.2, 0.25) is 5.78 Å². The number of hydrogen-bond donors (Lipinski definition) is 0. The molecule has 4 rings (SSSR count). The van der Waals surface area contributed by atoms with Crippen LogP contribution in [-0.4, -0.2) is 19.2 Å². The molecule has 1 aromatic carbocycles. The molecule has 0 atom stereocenters. The highest BCUT2D eigenvalue weighted by atomic mass is 35.5. The first-order chi connectivity index (χ1) is 12.6. The van der Waals surface area contributed by atoms with Gasteiger partial charge in [0.25, 0.3) is 5.56 Å². The highest BCUT2D eigenvalue weighted by Gasteiger charge is 2.18. The summed E-state index contributed by atoms with van der Waals surface area (Å²) >= 11 is 8.86. The molecule has 3 heterocycles. The predicted octanol–water partition coefficient (Wildman–Crippen LogP) is 4.60. The van der Waals surface area contributed by atoms with Crippen molar-refractivity contribution in [2.45, 2.75) is 30.8 Å². The Morgan fingerprint density at radius 3 is 2.92 bits per heavy atom. The third-order valence-electron chi connectivity index (χ3n) is 4.04. The van der Waals surface area contributed by atoms with E-state index in [0.29, 0.717) is 38.5 Å². The molecule has 5 nitrogen and oxygen atoms in total. The van der Waals surface area contributed by atoms with Crippen molar-refractivity contribution in [3.8, 4) is 0 Å². The molecule has 0 fully saturated rings. The van der Waals surface area contributed by atoms with Crippen LogP contribution in [0.3, 0.4) is 0 Å². The summed E-state index contributed by atoms with van der Waals surface area (Å²) in [6.07, 6.45) is 0.812. The predicted molar refractivity (Wildman–Crippen MR) is 104 cm³/mol. The molecular weight excluding hydrogens is 395 g/mol. The van der Waals surface area contributed by atoms with Gasteiger partial charge in [0.05, 0.1) is 5.52 Å². The zero-order valence-electron chi connectivity index (χ0n) is 13.8. The van der Waals surface area contributed by atoms with E-state index in [4.69, 9.17) is 11.6 Å². The van der Waals surface area contributed by atoms with Crippen molar-refractivity contribution in [1.29, 1.82) is 0 Å². The van der Waals surface area contributed by atoms with E-state index >= 15 is 0 Å². The summed E-state index contributed by atoms with van der Waals surface area (Å²) in [6.45, 7) is 2.58. The fourth-order valence-corrected chi connectivity index (χ4v) is 4.93.